The van der Waals surface area contributed by atoms with Crippen molar-refractivity contribution >= 4 is 17.6 Å². The van der Waals surface area contributed by atoms with Crippen LogP contribution in [0.3, 0.4) is 0 Å². The predicted octanol–water partition coefficient (Wildman–Crippen LogP) is 1.54. The second kappa shape index (κ2) is 6.23. The Morgan fingerprint density at radius 3 is 2.62 bits per heavy atom. The fourth-order valence-corrected chi connectivity index (χ4v) is 2.62. The molecule has 0 bridgehead atoms. The minimum atomic E-state index is -0.313. The Balaban J connectivity index is 1.79. The fourth-order valence-electron chi connectivity index (χ4n) is 2.62. The molecule has 0 saturated heterocycles. The number of nitrogens with one attached hydrogen (secondary N) is 2. The molecule has 0 spiro atoms. The number of rotatable bonds is 4. The molecular weight excluding hydrogens is 312 g/mol. The summed E-state index contributed by atoms with van der Waals surface area (Å²) in [7, 11) is 3.04. The lowest BCUT2D eigenvalue weighted by Gasteiger charge is -2.12. The van der Waals surface area contributed by atoms with E-state index in [0.29, 0.717) is 36.0 Å². The van der Waals surface area contributed by atoms with Crippen molar-refractivity contribution in [1.29, 1.82) is 0 Å². The summed E-state index contributed by atoms with van der Waals surface area (Å²) in [4.78, 5) is 25.6. The van der Waals surface area contributed by atoms with Gasteiger partial charge in [-0.05, 0) is 18.2 Å². The number of methoxy groups -OCH3 is 2. The van der Waals surface area contributed by atoms with Crippen LogP contribution in [0.25, 0.3) is 0 Å². The summed E-state index contributed by atoms with van der Waals surface area (Å²) in [6, 6.07) is 4.91. The summed E-state index contributed by atoms with van der Waals surface area (Å²) in [5.74, 6) is 1.13. The van der Waals surface area contributed by atoms with E-state index in [0.717, 1.165) is 11.3 Å². The molecule has 0 atom stereocenters. The van der Waals surface area contributed by atoms with Gasteiger partial charge >= 0.3 is 0 Å². The van der Waals surface area contributed by atoms with Gasteiger partial charge in [0.1, 0.15) is 0 Å². The highest BCUT2D eigenvalue weighted by molar-refractivity contribution is 6.04. The maximum atomic E-state index is 12.5. The zero-order chi connectivity index (χ0) is 17.3. The zero-order valence-electron chi connectivity index (χ0n) is 13.7. The van der Waals surface area contributed by atoms with E-state index in [1.54, 1.807) is 23.1 Å². The van der Waals surface area contributed by atoms with E-state index in [2.05, 4.69) is 15.5 Å². The zero-order valence-corrected chi connectivity index (χ0v) is 13.7. The number of aromatic nitrogens is 2. The molecule has 24 heavy (non-hydrogen) atoms. The third-order valence-corrected chi connectivity index (χ3v) is 3.97. The van der Waals surface area contributed by atoms with Gasteiger partial charge in [-0.25, -0.2) is 0 Å². The van der Waals surface area contributed by atoms with Gasteiger partial charge in [-0.2, -0.15) is 5.10 Å². The maximum absolute atomic E-state index is 12.5. The fraction of sp³-hybridized carbons (Fsp3) is 0.312. The van der Waals surface area contributed by atoms with Crippen LogP contribution >= 0.6 is 0 Å². The average molecular weight is 330 g/mol. The van der Waals surface area contributed by atoms with Crippen LogP contribution < -0.4 is 14.8 Å². The molecule has 8 heteroatoms. The highest BCUT2D eigenvalue weighted by Crippen LogP contribution is 2.29. The van der Waals surface area contributed by atoms with Crippen molar-refractivity contribution in [1.82, 2.24) is 15.1 Å². The second-order valence-electron chi connectivity index (χ2n) is 5.43. The van der Waals surface area contributed by atoms with Gasteiger partial charge in [0.05, 0.1) is 33.0 Å². The number of H-pyrrole nitrogens is 1. The molecule has 126 valence electrons. The van der Waals surface area contributed by atoms with E-state index in [1.807, 2.05) is 0 Å². The van der Waals surface area contributed by atoms with Gasteiger partial charge in [0.25, 0.3) is 5.91 Å². The normalized spacial score (nSPS) is 12.7. The molecule has 0 radical (unpaired) electrons. The molecule has 1 aromatic heterocycles. The first-order valence-corrected chi connectivity index (χ1v) is 7.38. The molecule has 1 aliphatic rings. The lowest BCUT2D eigenvalue weighted by molar-refractivity contribution is -0.129. The number of benzene rings is 1. The summed E-state index contributed by atoms with van der Waals surface area (Å²) < 4.78 is 10.4. The number of ether oxygens (including phenoxy) is 2. The summed E-state index contributed by atoms with van der Waals surface area (Å²) >= 11 is 0. The van der Waals surface area contributed by atoms with E-state index in [9.17, 15) is 9.59 Å². The van der Waals surface area contributed by atoms with Gasteiger partial charge in [0, 0.05) is 18.1 Å². The summed E-state index contributed by atoms with van der Waals surface area (Å²) in [5.41, 5.74) is 2.10. The van der Waals surface area contributed by atoms with Crippen molar-refractivity contribution < 1.29 is 19.1 Å². The van der Waals surface area contributed by atoms with E-state index in [4.69, 9.17) is 9.47 Å². The van der Waals surface area contributed by atoms with Crippen LogP contribution in [0, 0.1) is 0 Å². The van der Waals surface area contributed by atoms with Crippen LogP contribution in [0.4, 0.5) is 5.82 Å². The minimum Gasteiger partial charge on any atom is -0.493 e. The Kier molecular flexibility index (Phi) is 4.11. The lowest BCUT2D eigenvalue weighted by atomic mass is 10.2. The Morgan fingerprint density at radius 2 is 1.96 bits per heavy atom. The summed E-state index contributed by atoms with van der Waals surface area (Å²) in [6.07, 6.45) is 0. The van der Waals surface area contributed by atoms with Crippen LogP contribution in [-0.4, -0.2) is 41.1 Å². The van der Waals surface area contributed by atoms with Crippen molar-refractivity contribution in [2.45, 2.75) is 20.0 Å². The van der Waals surface area contributed by atoms with Gasteiger partial charge in [-0.1, -0.05) is 0 Å². The first-order valence-electron chi connectivity index (χ1n) is 7.38. The number of carbonyl (C=O) groups excluding carboxylic acids is 2. The molecule has 1 aromatic carbocycles. The molecule has 2 aromatic rings. The standard InChI is InChI=1S/C16H18N4O4/c1-9(21)20-7-11-12(8-20)18-19-15(11)17-16(22)10-4-5-13(23-2)14(6-10)24-3/h4-6H,7-8H2,1-3H3,(H2,17,18,19,22). The van der Waals surface area contributed by atoms with Gasteiger partial charge < -0.3 is 19.7 Å². The molecule has 0 fully saturated rings. The monoisotopic (exact) mass is 330 g/mol. The molecule has 1 aliphatic heterocycles. The third kappa shape index (κ3) is 2.78. The van der Waals surface area contributed by atoms with E-state index in [1.165, 1.54) is 21.1 Å². The van der Waals surface area contributed by atoms with E-state index >= 15 is 0 Å². The van der Waals surface area contributed by atoms with Crippen LogP contribution in [0.2, 0.25) is 0 Å². The number of nitrogens with zero attached hydrogens (tertiary/aromatic N) is 2. The van der Waals surface area contributed by atoms with Gasteiger partial charge in [-0.15, -0.1) is 0 Å². The SMILES string of the molecule is COc1ccc(C(=O)Nc2n[nH]c3c2CN(C(C)=O)C3)cc1OC. The number of carbonyl (C=O) groups is 2. The summed E-state index contributed by atoms with van der Waals surface area (Å²) in [5, 5.41) is 9.76. The van der Waals surface area contributed by atoms with Crippen molar-refractivity contribution in [2.24, 2.45) is 0 Å². The molecule has 2 N–H and O–H groups in total. The second-order valence-corrected chi connectivity index (χ2v) is 5.43. The molecular formula is C16H18N4O4. The lowest BCUT2D eigenvalue weighted by Crippen LogP contribution is -2.23. The molecule has 3 rings (SSSR count). The molecule has 2 amide bonds. The van der Waals surface area contributed by atoms with Crippen LogP contribution in [0.5, 0.6) is 11.5 Å². The first-order chi connectivity index (χ1) is 11.5. The Bertz CT molecular complexity index is 799. The molecule has 0 unspecified atom stereocenters. The molecule has 0 saturated carbocycles. The van der Waals surface area contributed by atoms with E-state index in [-0.39, 0.29) is 11.8 Å². The largest absolute Gasteiger partial charge is 0.493 e. The maximum Gasteiger partial charge on any atom is 0.257 e. The molecule has 0 aliphatic carbocycles. The third-order valence-electron chi connectivity index (χ3n) is 3.97. The number of aromatic amines is 1. The highest BCUT2D eigenvalue weighted by atomic mass is 16.5. The van der Waals surface area contributed by atoms with E-state index < -0.39 is 0 Å². The van der Waals surface area contributed by atoms with Gasteiger partial charge in [0.2, 0.25) is 5.91 Å². The molecule has 2 heterocycles. The Hall–Kier alpha value is -3.03. The average Bonchev–Trinajstić information content (AvgIpc) is 3.16. The number of anilines is 1. The first kappa shape index (κ1) is 15.9. The Morgan fingerprint density at radius 1 is 1.21 bits per heavy atom. The number of amides is 2. The van der Waals surface area contributed by atoms with Crippen molar-refractivity contribution in [3.63, 3.8) is 0 Å². The number of fused-ring (bicyclic) bond motifs is 1. The van der Waals surface area contributed by atoms with Crippen LogP contribution in [-0.2, 0) is 17.9 Å². The topological polar surface area (TPSA) is 96.5 Å². The van der Waals surface area contributed by atoms with Crippen LogP contribution in [0.1, 0.15) is 28.5 Å². The highest BCUT2D eigenvalue weighted by Gasteiger charge is 2.27. The minimum absolute atomic E-state index is 0.0169. The quantitative estimate of drug-likeness (QED) is 0.886. The van der Waals surface area contributed by atoms with Crippen molar-refractivity contribution in [3.8, 4) is 11.5 Å². The number of hydrogen-bond acceptors (Lipinski definition) is 5. The van der Waals surface area contributed by atoms with Crippen molar-refractivity contribution in [3.05, 3.63) is 35.0 Å². The number of hydrogen-bond donors (Lipinski definition) is 2. The van der Waals surface area contributed by atoms with Crippen LogP contribution in [0.15, 0.2) is 18.2 Å². The van der Waals surface area contributed by atoms with Gasteiger partial charge in [0.15, 0.2) is 17.3 Å². The smallest absolute Gasteiger partial charge is 0.257 e. The van der Waals surface area contributed by atoms with Gasteiger partial charge in [-0.3, -0.25) is 14.7 Å². The predicted molar refractivity (Wildman–Crippen MR) is 86.0 cm³/mol. The molecule has 8 nitrogen and oxygen atoms in total. The summed E-state index contributed by atoms with van der Waals surface area (Å²) in [6.45, 7) is 2.42. The Labute approximate surface area is 138 Å². The van der Waals surface area contributed by atoms with Crippen molar-refractivity contribution in [2.75, 3.05) is 19.5 Å².